The van der Waals surface area contributed by atoms with Crippen LogP contribution in [-0.2, 0) is 4.79 Å². The Bertz CT molecular complexity index is 1240. The average Bonchev–Trinajstić information content (AvgIpc) is 2.74. The summed E-state index contributed by atoms with van der Waals surface area (Å²) in [5, 5.41) is 0.473. The maximum atomic E-state index is 12.8. The first-order valence-electron chi connectivity index (χ1n) is 9.16. The molecular formula is C24H19NO4. The van der Waals surface area contributed by atoms with Crippen molar-refractivity contribution in [3.63, 3.8) is 0 Å². The van der Waals surface area contributed by atoms with Gasteiger partial charge in [0.05, 0.1) is 17.0 Å². The molecule has 0 aliphatic rings. The zero-order valence-electron chi connectivity index (χ0n) is 16.1. The first kappa shape index (κ1) is 18.5. The number of fused-ring (bicyclic) bond motifs is 1. The van der Waals surface area contributed by atoms with Crippen LogP contribution < -0.4 is 15.0 Å². The maximum Gasteiger partial charge on any atom is 0.309 e. The number of carbonyl (C=O) groups excluding carboxylic acids is 1. The molecule has 4 aromatic rings. The number of benzene rings is 3. The normalized spacial score (nSPS) is 10.7. The summed E-state index contributed by atoms with van der Waals surface area (Å²) in [4.78, 5) is 29.7. The lowest BCUT2D eigenvalue weighted by atomic mass is 9.92. The molecule has 0 bridgehead atoms. The van der Waals surface area contributed by atoms with E-state index in [4.69, 9.17) is 9.57 Å². The lowest BCUT2D eigenvalue weighted by Crippen LogP contribution is -2.19. The average molecular weight is 385 g/mol. The maximum absolute atomic E-state index is 12.8. The molecule has 0 saturated carbocycles. The number of aromatic nitrogens is 1. The summed E-state index contributed by atoms with van der Waals surface area (Å²) in [7, 11) is 1.46. The van der Waals surface area contributed by atoms with Gasteiger partial charge in [-0.3, -0.25) is 9.59 Å². The molecule has 5 heteroatoms. The Morgan fingerprint density at radius 3 is 1.90 bits per heavy atom. The molecule has 3 aromatic carbocycles. The van der Waals surface area contributed by atoms with Gasteiger partial charge in [-0.1, -0.05) is 60.7 Å². The Kier molecular flexibility index (Phi) is 4.87. The fourth-order valence-electron chi connectivity index (χ4n) is 3.44. The summed E-state index contributed by atoms with van der Waals surface area (Å²) in [5.74, 6) is -0.484. The molecule has 1 heterocycles. The van der Waals surface area contributed by atoms with E-state index in [-0.39, 0.29) is 11.3 Å². The van der Waals surface area contributed by atoms with Gasteiger partial charge in [-0.25, -0.2) is 0 Å². The van der Waals surface area contributed by atoms with E-state index >= 15 is 0 Å². The van der Waals surface area contributed by atoms with E-state index in [1.807, 2.05) is 72.8 Å². The van der Waals surface area contributed by atoms with Crippen molar-refractivity contribution in [2.24, 2.45) is 0 Å². The minimum Gasteiger partial charge on any atom is -0.414 e. The second-order valence-corrected chi connectivity index (χ2v) is 6.56. The molecule has 0 aliphatic carbocycles. The standard InChI is InChI=1S/C24H19NO4/c1-16(26)29-24-15-23(27)21-13-19(17-9-5-3-6-10-17)20(14-22(21)25(24)28-2)18-11-7-4-8-12-18/h3-15H,1-2H3. The van der Waals surface area contributed by atoms with E-state index < -0.39 is 5.97 Å². The fraction of sp³-hybridized carbons (Fsp3) is 0.0833. The Morgan fingerprint density at radius 2 is 1.38 bits per heavy atom. The molecule has 0 aliphatic heterocycles. The summed E-state index contributed by atoms with van der Waals surface area (Å²) in [6.07, 6.45) is 0. The number of esters is 1. The molecule has 0 radical (unpaired) electrons. The van der Waals surface area contributed by atoms with Crippen molar-refractivity contribution in [2.75, 3.05) is 7.11 Å². The molecule has 0 fully saturated rings. The van der Waals surface area contributed by atoms with E-state index in [0.29, 0.717) is 10.9 Å². The third-order valence-corrected chi connectivity index (χ3v) is 4.68. The smallest absolute Gasteiger partial charge is 0.309 e. The van der Waals surface area contributed by atoms with E-state index in [1.54, 1.807) is 0 Å². The quantitative estimate of drug-likeness (QED) is 0.491. The third-order valence-electron chi connectivity index (χ3n) is 4.68. The summed E-state index contributed by atoms with van der Waals surface area (Å²) in [5.41, 5.74) is 4.15. The molecule has 0 amide bonds. The van der Waals surface area contributed by atoms with Gasteiger partial charge >= 0.3 is 5.97 Å². The predicted molar refractivity (Wildman–Crippen MR) is 113 cm³/mol. The van der Waals surface area contributed by atoms with Crippen molar-refractivity contribution in [2.45, 2.75) is 6.92 Å². The molecule has 29 heavy (non-hydrogen) atoms. The number of carbonyl (C=O) groups is 1. The first-order valence-corrected chi connectivity index (χ1v) is 9.16. The third kappa shape index (κ3) is 3.50. The highest BCUT2D eigenvalue weighted by Gasteiger charge is 2.17. The molecule has 5 nitrogen and oxygen atoms in total. The van der Waals surface area contributed by atoms with Crippen molar-refractivity contribution in [1.82, 2.24) is 4.73 Å². The minimum absolute atomic E-state index is 0.0453. The second-order valence-electron chi connectivity index (χ2n) is 6.56. The molecular weight excluding hydrogens is 366 g/mol. The van der Waals surface area contributed by atoms with Crippen molar-refractivity contribution in [1.29, 1.82) is 0 Å². The summed E-state index contributed by atoms with van der Waals surface area (Å²) < 4.78 is 6.55. The molecule has 0 N–H and O–H groups in total. The monoisotopic (exact) mass is 385 g/mol. The van der Waals surface area contributed by atoms with Gasteiger partial charge in [0, 0.05) is 6.92 Å². The van der Waals surface area contributed by atoms with Crippen LogP contribution in [0.15, 0.2) is 83.7 Å². The molecule has 144 valence electrons. The number of pyridine rings is 1. The van der Waals surface area contributed by atoms with Gasteiger partial charge in [-0.05, 0) is 34.4 Å². The highest BCUT2D eigenvalue weighted by molar-refractivity contribution is 5.95. The first-order chi connectivity index (χ1) is 14.1. The van der Waals surface area contributed by atoms with Gasteiger partial charge in [0.15, 0.2) is 5.43 Å². The van der Waals surface area contributed by atoms with Crippen LogP contribution in [0.25, 0.3) is 33.2 Å². The van der Waals surface area contributed by atoms with E-state index in [9.17, 15) is 9.59 Å². The van der Waals surface area contributed by atoms with Gasteiger partial charge < -0.3 is 9.57 Å². The van der Waals surface area contributed by atoms with Crippen LogP contribution in [0.3, 0.4) is 0 Å². The largest absolute Gasteiger partial charge is 0.414 e. The van der Waals surface area contributed by atoms with Crippen molar-refractivity contribution in [3.05, 3.63) is 89.1 Å². The summed E-state index contributed by atoms with van der Waals surface area (Å²) in [6.45, 7) is 1.28. The van der Waals surface area contributed by atoms with Crippen LogP contribution in [0, 0.1) is 0 Å². The zero-order valence-corrected chi connectivity index (χ0v) is 16.1. The van der Waals surface area contributed by atoms with Crippen LogP contribution in [0.5, 0.6) is 5.88 Å². The molecule has 0 saturated heterocycles. The van der Waals surface area contributed by atoms with Gasteiger partial charge in [0.1, 0.15) is 7.11 Å². The van der Waals surface area contributed by atoms with E-state index in [1.165, 1.54) is 24.8 Å². The van der Waals surface area contributed by atoms with Crippen LogP contribution in [0.2, 0.25) is 0 Å². The number of rotatable bonds is 4. The molecule has 0 spiro atoms. The van der Waals surface area contributed by atoms with Crippen LogP contribution in [0.1, 0.15) is 6.92 Å². The predicted octanol–water partition coefficient (Wildman–Crippen LogP) is 4.32. The van der Waals surface area contributed by atoms with Gasteiger partial charge in [0.2, 0.25) is 5.88 Å². The lowest BCUT2D eigenvalue weighted by molar-refractivity contribution is -0.132. The Balaban J connectivity index is 2.09. The van der Waals surface area contributed by atoms with Gasteiger partial charge in [-0.2, -0.15) is 0 Å². The molecule has 4 rings (SSSR count). The Hall–Kier alpha value is -3.86. The minimum atomic E-state index is -0.529. The molecule has 0 unspecified atom stereocenters. The van der Waals surface area contributed by atoms with Gasteiger partial charge in [0.25, 0.3) is 0 Å². The van der Waals surface area contributed by atoms with E-state index in [0.717, 1.165) is 22.3 Å². The Morgan fingerprint density at radius 1 is 0.828 bits per heavy atom. The molecule has 0 atom stereocenters. The highest BCUT2D eigenvalue weighted by Crippen LogP contribution is 2.35. The number of nitrogens with zero attached hydrogens (tertiary/aromatic N) is 1. The topological polar surface area (TPSA) is 57.5 Å². The number of hydrogen-bond donors (Lipinski definition) is 0. The Labute approximate surface area is 167 Å². The van der Waals surface area contributed by atoms with Crippen molar-refractivity contribution in [3.8, 4) is 28.1 Å². The second kappa shape index (κ2) is 7.64. The van der Waals surface area contributed by atoms with Crippen LogP contribution >= 0.6 is 0 Å². The van der Waals surface area contributed by atoms with Crippen LogP contribution in [0.4, 0.5) is 0 Å². The van der Waals surface area contributed by atoms with Crippen LogP contribution in [-0.4, -0.2) is 17.8 Å². The zero-order chi connectivity index (χ0) is 20.4. The fourth-order valence-corrected chi connectivity index (χ4v) is 3.44. The number of ether oxygens (including phenoxy) is 1. The number of hydrogen-bond acceptors (Lipinski definition) is 4. The lowest BCUT2D eigenvalue weighted by Gasteiger charge is -2.17. The summed E-state index contributed by atoms with van der Waals surface area (Å²) >= 11 is 0. The van der Waals surface area contributed by atoms with Crippen molar-refractivity contribution >= 4 is 16.9 Å². The van der Waals surface area contributed by atoms with Crippen molar-refractivity contribution < 1.29 is 14.4 Å². The van der Waals surface area contributed by atoms with Gasteiger partial charge in [-0.15, -0.1) is 4.73 Å². The SMILES string of the molecule is COn1c(OC(C)=O)cc(=O)c2cc(-c3ccccc3)c(-c3ccccc3)cc21. The van der Waals surface area contributed by atoms with E-state index in [2.05, 4.69) is 0 Å². The highest BCUT2D eigenvalue weighted by atomic mass is 16.7. The summed E-state index contributed by atoms with van der Waals surface area (Å²) in [6, 6.07) is 24.8. The molecule has 1 aromatic heterocycles.